The van der Waals surface area contributed by atoms with Crippen LogP contribution in [0.15, 0.2) is 0 Å². The molecule has 0 bridgehead atoms. The number of anilines is 1. The molecule has 0 radical (unpaired) electrons. The Kier molecular flexibility index (Phi) is 5.66. The van der Waals surface area contributed by atoms with Gasteiger partial charge in [-0.2, -0.15) is 10.4 Å². The van der Waals surface area contributed by atoms with Crippen molar-refractivity contribution in [1.29, 1.82) is 5.26 Å². The number of aliphatic hydroxyl groups excluding tert-OH is 1. The van der Waals surface area contributed by atoms with Crippen molar-refractivity contribution in [2.75, 3.05) is 18.5 Å². The molecule has 0 saturated heterocycles. The monoisotopic (exact) mass is 250 g/mol. The van der Waals surface area contributed by atoms with Crippen LogP contribution in [0.4, 0.5) is 5.82 Å². The minimum Gasteiger partial charge on any atom is -0.396 e. The number of aryl methyl sites for hydroxylation is 2. The van der Waals surface area contributed by atoms with Crippen LogP contribution in [0.2, 0.25) is 0 Å². The van der Waals surface area contributed by atoms with Gasteiger partial charge in [0.05, 0.1) is 5.69 Å². The summed E-state index contributed by atoms with van der Waals surface area (Å²) < 4.78 is 1.70. The lowest BCUT2D eigenvalue weighted by atomic mass is 10.0. The summed E-state index contributed by atoms with van der Waals surface area (Å²) in [5, 5.41) is 25.6. The minimum atomic E-state index is 0.210. The molecule has 100 valence electrons. The Hall–Kier alpha value is -1.54. The van der Waals surface area contributed by atoms with Gasteiger partial charge in [-0.25, -0.2) is 0 Å². The molecule has 0 spiro atoms. The van der Waals surface area contributed by atoms with E-state index in [-0.39, 0.29) is 6.61 Å². The van der Waals surface area contributed by atoms with E-state index in [4.69, 9.17) is 10.4 Å². The van der Waals surface area contributed by atoms with Crippen molar-refractivity contribution in [3.63, 3.8) is 0 Å². The normalized spacial score (nSPS) is 12.2. The Morgan fingerprint density at radius 3 is 2.78 bits per heavy atom. The van der Waals surface area contributed by atoms with Gasteiger partial charge in [0.2, 0.25) is 0 Å². The molecule has 1 atom stereocenters. The SMILES string of the molecule is CCCC(CCO)CNc1c(C#N)c(C)nn1C. The van der Waals surface area contributed by atoms with Crippen LogP contribution >= 0.6 is 0 Å². The van der Waals surface area contributed by atoms with E-state index < -0.39 is 0 Å². The Morgan fingerprint density at radius 2 is 2.22 bits per heavy atom. The molecule has 0 aromatic carbocycles. The standard InChI is InChI=1S/C13H22N4O/c1-4-5-11(6-7-18)9-15-13-12(8-14)10(2)16-17(13)3/h11,15,18H,4-7,9H2,1-3H3. The second-order valence-corrected chi connectivity index (χ2v) is 4.59. The number of nitrogens with one attached hydrogen (secondary N) is 1. The van der Waals surface area contributed by atoms with Gasteiger partial charge in [-0.05, 0) is 25.7 Å². The maximum Gasteiger partial charge on any atom is 0.142 e. The molecule has 0 saturated carbocycles. The van der Waals surface area contributed by atoms with Gasteiger partial charge in [-0.1, -0.05) is 13.3 Å². The molecule has 1 aromatic heterocycles. The van der Waals surface area contributed by atoms with E-state index in [1.807, 2.05) is 14.0 Å². The first-order valence-electron chi connectivity index (χ1n) is 6.42. The summed E-state index contributed by atoms with van der Waals surface area (Å²) in [6, 6.07) is 2.18. The van der Waals surface area contributed by atoms with Gasteiger partial charge < -0.3 is 10.4 Å². The average Bonchev–Trinajstić information content (AvgIpc) is 2.60. The third kappa shape index (κ3) is 3.47. The Bertz CT molecular complexity index is 413. The van der Waals surface area contributed by atoms with Crippen molar-refractivity contribution in [2.24, 2.45) is 13.0 Å². The highest BCUT2D eigenvalue weighted by Gasteiger charge is 2.14. The van der Waals surface area contributed by atoms with E-state index in [1.165, 1.54) is 0 Å². The average molecular weight is 250 g/mol. The van der Waals surface area contributed by atoms with E-state index in [0.717, 1.165) is 37.3 Å². The largest absolute Gasteiger partial charge is 0.396 e. The number of nitrogens with zero attached hydrogens (tertiary/aromatic N) is 3. The summed E-state index contributed by atoms with van der Waals surface area (Å²) in [5.74, 6) is 1.20. The summed E-state index contributed by atoms with van der Waals surface area (Å²) in [4.78, 5) is 0. The van der Waals surface area contributed by atoms with Gasteiger partial charge in [0.15, 0.2) is 0 Å². The number of hydrogen-bond acceptors (Lipinski definition) is 4. The second kappa shape index (κ2) is 7.02. The molecule has 0 fully saturated rings. The lowest BCUT2D eigenvalue weighted by molar-refractivity contribution is 0.255. The van der Waals surface area contributed by atoms with E-state index in [2.05, 4.69) is 23.4 Å². The maximum absolute atomic E-state index is 9.10. The van der Waals surface area contributed by atoms with Crippen LogP contribution in [-0.4, -0.2) is 28.0 Å². The van der Waals surface area contributed by atoms with Crippen LogP contribution in [0.5, 0.6) is 0 Å². The van der Waals surface area contributed by atoms with Gasteiger partial charge in [0.25, 0.3) is 0 Å². The van der Waals surface area contributed by atoms with Gasteiger partial charge in [0.1, 0.15) is 17.5 Å². The molecule has 5 heteroatoms. The fourth-order valence-electron chi connectivity index (χ4n) is 2.18. The molecule has 2 N–H and O–H groups in total. The van der Waals surface area contributed by atoms with Gasteiger partial charge in [-0.3, -0.25) is 4.68 Å². The van der Waals surface area contributed by atoms with Crippen molar-refractivity contribution in [1.82, 2.24) is 9.78 Å². The summed E-state index contributed by atoms with van der Waals surface area (Å²) in [6.45, 7) is 4.95. The fourth-order valence-corrected chi connectivity index (χ4v) is 2.18. The Morgan fingerprint density at radius 1 is 1.50 bits per heavy atom. The summed E-state index contributed by atoms with van der Waals surface area (Å²) in [7, 11) is 1.83. The predicted molar refractivity (Wildman–Crippen MR) is 71.3 cm³/mol. The number of aromatic nitrogens is 2. The molecular formula is C13H22N4O. The maximum atomic E-state index is 9.10. The quantitative estimate of drug-likeness (QED) is 0.774. The molecule has 0 aliphatic rings. The molecule has 1 rings (SSSR count). The van der Waals surface area contributed by atoms with Crippen LogP contribution in [0.3, 0.4) is 0 Å². The van der Waals surface area contributed by atoms with Crippen LogP contribution < -0.4 is 5.32 Å². The van der Waals surface area contributed by atoms with Gasteiger partial charge in [0, 0.05) is 20.2 Å². The minimum absolute atomic E-state index is 0.210. The van der Waals surface area contributed by atoms with Crippen molar-refractivity contribution in [3.8, 4) is 6.07 Å². The van der Waals surface area contributed by atoms with E-state index >= 15 is 0 Å². The zero-order chi connectivity index (χ0) is 13.5. The molecule has 0 aliphatic heterocycles. The molecule has 18 heavy (non-hydrogen) atoms. The predicted octanol–water partition coefficient (Wildman–Crippen LogP) is 1.81. The summed E-state index contributed by atoms with van der Waals surface area (Å²) >= 11 is 0. The van der Waals surface area contributed by atoms with Crippen LogP contribution in [0, 0.1) is 24.2 Å². The first-order valence-corrected chi connectivity index (χ1v) is 6.42. The van der Waals surface area contributed by atoms with Crippen molar-refractivity contribution in [3.05, 3.63) is 11.3 Å². The molecule has 1 aromatic rings. The molecule has 5 nitrogen and oxygen atoms in total. The van der Waals surface area contributed by atoms with Gasteiger partial charge >= 0.3 is 0 Å². The van der Waals surface area contributed by atoms with Crippen LogP contribution in [-0.2, 0) is 7.05 Å². The third-order valence-corrected chi connectivity index (χ3v) is 3.13. The topological polar surface area (TPSA) is 73.9 Å². The molecule has 1 heterocycles. The number of hydrogen-bond donors (Lipinski definition) is 2. The van der Waals surface area contributed by atoms with Crippen LogP contribution in [0.25, 0.3) is 0 Å². The number of nitriles is 1. The highest BCUT2D eigenvalue weighted by Crippen LogP contribution is 2.19. The number of aliphatic hydroxyl groups is 1. The molecule has 0 amide bonds. The van der Waals surface area contributed by atoms with Crippen molar-refractivity contribution in [2.45, 2.75) is 33.1 Å². The highest BCUT2D eigenvalue weighted by atomic mass is 16.3. The third-order valence-electron chi connectivity index (χ3n) is 3.13. The number of rotatable bonds is 7. The lowest BCUT2D eigenvalue weighted by Gasteiger charge is -2.16. The van der Waals surface area contributed by atoms with E-state index in [9.17, 15) is 0 Å². The van der Waals surface area contributed by atoms with Gasteiger partial charge in [-0.15, -0.1) is 0 Å². The molecule has 1 unspecified atom stereocenters. The lowest BCUT2D eigenvalue weighted by Crippen LogP contribution is -2.17. The fraction of sp³-hybridized carbons (Fsp3) is 0.692. The van der Waals surface area contributed by atoms with Crippen molar-refractivity contribution >= 4 is 5.82 Å². The second-order valence-electron chi connectivity index (χ2n) is 4.59. The Balaban J connectivity index is 2.70. The summed E-state index contributed by atoms with van der Waals surface area (Å²) in [5.41, 5.74) is 1.36. The first kappa shape index (κ1) is 14.5. The molecular weight excluding hydrogens is 228 g/mol. The van der Waals surface area contributed by atoms with E-state index in [1.54, 1.807) is 4.68 Å². The molecule has 0 aliphatic carbocycles. The Labute approximate surface area is 108 Å². The van der Waals surface area contributed by atoms with Crippen molar-refractivity contribution < 1.29 is 5.11 Å². The first-order chi connectivity index (χ1) is 8.63. The zero-order valence-corrected chi connectivity index (χ0v) is 11.4. The smallest absolute Gasteiger partial charge is 0.142 e. The highest BCUT2D eigenvalue weighted by molar-refractivity contribution is 5.54. The van der Waals surface area contributed by atoms with E-state index in [0.29, 0.717) is 11.5 Å². The van der Waals surface area contributed by atoms with Crippen LogP contribution in [0.1, 0.15) is 37.4 Å². The zero-order valence-electron chi connectivity index (χ0n) is 11.4. The summed E-state index contributed by atoms with van der Waals surface area (Å²) in [6.07, 6.45) is 2.97.